The fourth-order valence-electron chi connectivity index (χ4n) is 2.75. The predicted octanol–water partition coefficient (Wildman–Crippen LogP) is 3.62. The van der Waals surface area contributed by atoms with Gasteiger partial charge in [-0.15, -0.1) is 12.4 Å². The molecule has 1 amide bonds. The normalized spacial score (nSPS) is 16.1. The van der Waals surface area contributed by atoms with Crippen LogP contribution in [-0.4, -0.2) is 18.0 Å². The zero-order valence-corrected chi connectivity index (χ0v) is 13.8. The van der Waals surface area contributed by atoms with Gasteiger partial charge in [-0.05, 0) is 50.3 Å². The van der Waals surface area contributed by atoms with Crippen molar-refractivity contribution in [3.63, 3.8) is 0 Å². The molecule has 4 heteroatoms. The number of amides is 1. The third-order valence-corrected chi connectivity index (χ3v) is 3.95. The molecule has 0 bridgehead atoms. The lowest BCUT2D eigenvalue weighted by molar-refractivity contribution is 0.0946. The topological polar surface area (TPSA) is 55.1 Å². The molecule has 1 aromatic rings. The largest absolute Gasteiger partial charge is 0.350 e. The highest BCUT2D eigenvalue weighted by atomic mass is 35.5. The minimum Gasteiger partial charge on any atom is -0.350 e. The van der Waals surface area contributed by atoms with Crippen molar-refractivity contribution in [2.45, 2.75) is 57.4 Å². The van der Waals surface area contributed by atoms with Crippen molar-refractivity contribution < 1.29 is 4.79 Å². The van der Waals surface area contributed by atoms with Crippen LogP contribution in [0.5, 0.6) is 0 Å². The van der Waals surface area contributed by atoms with Gasteiger partial charge < -0.3 is 11.1 Å². The SMILES string of the molecule is CC(C)(N)CNC(=O)c1ccc(C2CCCCC2)cc1.Cl. The van der Waals surface area contributed by atoms with Crippen LogP contribution in [0.3, 0.4) is 0 Å². The number of rotatable bonds is 4. The highest BCUT2D eigenvalue weighted by Crippen LogP contribution is 2.32. The Hall–Kier alpha value is -1.06. The van der Waals surface area contributed by atoms with Crippen molar-refractivity contribution in [2.75, 3.05) is 6.54 Å². The van der Waals surface area contributed by atoms with Crippen LogP contribution in [0.15, 0.2) is 24.3 Å². The number of carbonyl (C=O) groups excluding carboxylic acids is 1. The van der Waals surface area contributed by atoms with Crippen LogP contribution >= 0.6 is 12.4 Å². The summed E-state index contributed by atoms with van der Waals surface area (Å²) in [6.07, 6.45) is 6.60. The Labute approximate surface area is 134 Å². The van der Waals surface area contributed by atoms with E-state index in [0.29, 0.717) is 18.0 Å². The van der Waals surface area contributed by atoms with Crippen molar-refractivity contribution in [2.24, 2.45) is 5.73 Å². The Morgan fingerprint density at radius 1 is 1.19 bits per heavy atom. The van der Waals surface area contributed by atoms with Gasteiger partial charge in [0.25, 0.3) is 5.91 Å². The van der Waals surface area contributed by atoms with Crippen LogP contribution in [0.4, 0.5) is 0 Å². The summed E-state index contributed by atoms with van der Waals surface area (Å²) >= 11 is 0. The smallest absolute Gasteiger partial charge is 0.251 e. The summed E-state index contributed by atoms with van der Waals surface area (Å²) in [5, 5.41) is 2.87. The first-order valence-corrected chi connectivity index (χ1v) is 7.63. The summed E-state index contributed by atoms with van der Waals surface area (Å²) < 4.78 is 0. The number of hydrogen-bond acceptors (Lipinski definition) is 2. The van der Waals surface area contributed by atoms with E-state index in [-0.39, 0.29) is 23.9 Å². The second-order valence-corrected chi connectivity index (χ2v) is 6.63. The fraction of sp³-hybridized carbons (Fsp3) is 0.588. The number of halogens is 1. The molecule has 1 aliphatic rings. The van der Waals surface area contributed by atoms with E-state index < -0.39 is 0 Å². The first-order valence-electron chi connectivity index (χ1n) is 7.63. The summed E-state index contributed by atoms with van der Waals surface area (Å²) in [5.41, 5.74) is 7.58. The molecule has 1 aromatic carbocycles. The number of carbonyl (C=O) groups is 1. The molecule has 0 aliphatic heterocycles. The third kappa shape index (κ3) is 5.68. The number of benzene rings is 1. The van der Waals surface area contributed by atoms with Crippen LogP contribution in [-0.2, 0) is 0 Å². The van der Waals surface area contributed by atoms with Crippen molar-refractivity contribution in [3.05, 3.63) is 35.4 Å². The van der Waals surface area contributed by atoms with Crippen LogP contribution in [0.25, 0.3) is 0 Å². The molecular weight excluding hydrogens is 284 g/mol. The molecule has 1 fully saturated rings. The highest BCUT2D eigenvalue weighted by molar-refractivity contribution is 5.94. The maximum Gasteiger partial charge on any atom is 0.251 e. The van der Waals surface area contributed by atoms with Crippen molar-refractivity contribution in [1.29, 1.82) is 0 Å². The molecule has 0 saturated heterocycles. The predicted molar refractivity (Wildman–Crippen MR) is 90.1 cm³/mol. The maximum atomic E-state index is 12.0. The summed E-state index contributed by atoms with van der Waals surface area (Å²) in [6.45, 7) is 4.29. The van der Waals surface area contributed by atoms with Crippen LogP contribution in [0.2, 0.25) is 0 Å². The van der Waals surface area contributed by atoms with Crippen molar-refractivity contribution in [3.8, 4) is 0 Å². The molecule has 0 heterocycles. The van der Waals surface area contributed by atoms with Crippen LogP contribution < -0.4 is 11.1 Å². The summed E-state index contributed by atoms with van der Waals surface area (Å²) in [4.78, 5) is 12.0. The quantitative estimate of drug-likeness (QED) is 0.892. The van der Waals surface area contributed by atoms with E-state index in [1.807, 2.05) is 26.0 Å². The van der Waals surface area contributed by atoms with Gasteiger partial charge in [0.1, 0.15) is 0 Å². The average Bonchev–Trinajstić information content (AvgIpc) is 2.45. The Balaban J connectivity index is 0.00000220. The monoisotopic (exact) mass is 310 g/mol. The second-order valence-electron chi connectivity index (χ2n) is 6.63. The van der Waals surface area contributed by atoms with Gasteiger partial charge in [0.05, 0.1) is 0 Å². The van der Waals surface area contributed by atoms with Gasteiger partial charge in [0.15, 0.2) is 0 Å². The average molecular weight is 311 g/mol. The van der Waals surface area contributed by atoms with Gasteiger partial charge in [-0.25, -0.2) is 0 Å². The number of nitrogens with two attached hydrogens (primary N) is 1. The molecule has 3 nitrogen and oxygen atoms in total. The minimum absolute atomic E-state index is 0. The summed E-state index contributed by atoms with van der Waals surface area (Å²) in [7, 11) is 0. The molecule has 0 atom stereocenters. The number of nitrogens with one attached hydrogen (secondary N) is 1. The van der Waals surface area contributed by atoms with Gasteiger partial charge in [-0.3, -0.25) is 4.79 Å². The Kier molecular flexibility index (Phi) is 6.69. The fourth-order valence-corrected chi connectivity index (χ4v) is 2.75. The first-order chi connectivity index (χ1) is 9.46. The van der Waals surface area contributed by atoms with Gasteiger partial charge in [-0.1, -0.05) is 31.4 Å². The molecule has 0 radical (unpaired) electrons. The first kappa shape index (κ1) is 18.0. The molecular formula is C17H27ClN2O. The van der Waals surface area contributed by atoms with E-state index in [2.05, 4.69) is 17.4 Å². The zero-order chi connectivity index (χ0) is 14.6. The Bertz CT molecular complexity index is 445. The van der Waals surface area contributed by atoms with E-state index >= 15 is 0 Å². The van der Waals surface area contributed by atoms with Gasteiger partial charge in [0.2, 0.25) is 0 Å². The molecule has 2 rings (SSSR count). The van der Waals surface area contributed by atoms with Crippen molar-refractivity contribution >= 4 is 18.3 Å². The van der Waals surface area contributed by atoms with Crippen LogP contribution in [0.1, 0.15) is 67.8 Å². The molecule has 0 aromatic heterocycles. The minimum atomic E-state index is -0.377. The Morgan fingerprint density at radius 3 is 2.29 bits per heavy atom. The molecule has 118 valence electrons. The Morgan fingerprint density at radius 2 is 1.76 bits per heavy atom. The molecule has 0 unspecified atom stereocenters. The molecule has 1 saturated carbocycles. The summed E-state index contributed by atoms with van der Waals surface area (Å²) in [5.74, 6) is 0.641. The molecule has 0 spiro atoms. The van der Waals surface area contributed by atoms with E-state index in [0.717, 1.165) is 0 Å². The standard InChI is InChI=1S/C17H26N2O.ClH/c1-17(2,18)12-19-16(20)15-10-8-14(9-11-15)13-6-4-3-5-7-13;/h8-11,13H,3-7,12,18H2,1-2H3,(H,19,20);1H. The zero-order valence-electron chi connectivity index (χ0n) is 13.0. The van der Waals surface area contributed by atoms with E-state index in [4.69, 9.17) is 5.73 Å². The number of hydrogen-bond donors (Lipinski definition) is 2. The maximum absolute atomic E-state index is 12.0. The van der Waals surface area contributed by atoms with Gasteiger partial charge >= 0.3 is 0 Å². The third-order valence-electron chi connectivity index (χ3n) is 3.95. The second kappa shape index (κ2) is 7.81. The molecule has 1 aliphatic carbocycles. The van der Waals surface area contributed by atoms with Crippen LogP contribution in [0, 0.1) is 0 Å². The van der Waals surface area contributed by atoms with Crippen molar-refractivity contribution in [1.82, 2.24) is 5.32 Å². The lowest BCUT2D eigenvalue weighted by atomic mass is 9.84. The molecule has 21 heavy (non-hydrogen) atoms. The van der Waals surface area contributed by atoms with E-state index in [1.165, 1.54) is 37.7 Å². The molecule has 3 N–H and O–H groups in total. The van der Waals surface area contributed by atoms with E-state index in [1.54, 1.807) is 0 Å². The lowest BCUT2D eigenvalue weighted by Crippen LogP contribution is -2.45. The van der Waals surface area contributed by atoms with Gasteiger partial charge in [-0.2, -0.15) is 0 Å². The summed E-state index contributed by atoms with van der Waals surface area (Å²) in [6, 6.07) is 8.09. The highest BCUT2D eigenvalue weighted by Gasteiger charge is 2.16. The van der Waals surface area contributed by atoms with Gasteiger partial charge in [0, 0.05) is 17.6 Å². The van der Waals surface area contributed by atoms with E-state index in [9.17, 15) is 4.79 Å². The lowest BCUT2D eigenvalue weighted by Gasteiger charge is -2.22.